The van der Waals surface area contributed by atoms with Gasteiger partial charge >= 0.3 is 0 Å². The lowest BCUT2D eigenvalue weighted by Crippen LogP contribution is -1.97. The third-order valence-electron chi connectivity index (χ3n) is 4.07. The van der Waals surface area contributed by atoms with Gasteiger partial charge in [-0.2, -0.15) is 8.42 Å². The van der Waals surface area contributed by atoms with Crippen molar-refractivity contribution < 1.29 is 18.1 Å². The number of para-hydroxylation sites is 1. The largest absolute Gasteiger partial charge is 0.494 e. The van der Waals surface area contributed by atoms with Gasteiger partial charge in [0.2, 0.25) is 0 Å². The smallest absolute Gasteiger partial charge is 0.294 e. The van der Waals surface area contributed by atoms with E-state index in [-0.39, 0.29) is 27.7 Å². The molecule has 0 aliphatic heterocycles. The molecule has 0 atom stereocenters. The Bertz CT molecular complexity index is 1250. The summed E-state index contributed by atoms with van der Waals surface area (Å²) in [5.41, 5.74) is 1.64. The SMILES string of the molecule is O=Nc1c(-c2c(O)[nH]c3ccc(S(=O)(=O)O)cc23)[nH]c2ccccc12. The van der Waals surface area contributed by atoms with Gasteiger partial charge in [0.05, 0.1) is 16.2 Å². The minimum absolute atomic E-state index is 0.101. The monoisotopic (exact) mass is 357 g/mol. The van der Waals surface area contributed by atoms with Crippen LogP contribution in [0.15, 0.2) is 52.5 Å². The van der Waals surface area contributed by atoms with Crippen molar-refractivity contribution in [2.45, 2.75) is 4.90 Å². The molecule has 0 aliphatic rings. The minimum atomic E-state index is -4.42. The zero-order valence-electron chi connectivity index (χ0n) is 12.5. The van der Waals surface area contributed by atoms with Crippen molar-refractivity contribution >= 4 is 37.6 Å². The summed E-state index contributed by atoms with van der Waals surface area (Å²) in [5, 5.41) is 14.3. The Morgan fingerprint density at radius 3 is 2.40 bits per heavy atom. The Hall–Kier alpha value is -3.17. The topological polar surface area (TPSA) is 136 Å². The van der Waals surface area contributed by atoms with Crippen LogP contribution in [0.1, 0.15) is 0 Å². The first-order valence-corrected chi connectivity index (χ1v) is 8.61. The van der Waals surface area contributed by atoms with Crippen LogP contribution < -0.4 is 0 Å². The third kappa shape index (κ3) is 2.29. The molecular weight excluding hydrogens is 346 g/mol. The molecule has 2 heterocycles. The molecule has 4 aromatic rings. The molecule has 4 rings (SSSR count). The normalized spacial score (nSPS) is 12.0. The maximum atomic E-state index is 11.4. The van der Waals surface area contributed by atoms with E-state index in [1.54, 1.807) is 24.3 Å². The lowest BCUT2D eigenvalue weighted by atomic mass is 10.1. The summed E-state index contributed by atoms with van der Waals surface area (Å²) in [6.45, 7) is 0. The van der Waals surface area contributed by atoms with Crippen molar-refractivity contribution in [3.63, 3.8) is 0 Å². The van der Waals surface area contributed by atoms with Crippen LogP contribution in [0.5, 0.6) is 5.88 Å². The van der Waals surface area contributed by atoms with Gasteiger partial charge in [0.1, 0.15) is 5.69 Å². The zero-order chi connectivity index (χ0) is 17.8. The highest BCUT2D eigenvalue weighted by Crippen LogP contribution is 2.44. The molecular formula is C16H11N3O5S. The van der Waals surface area contributed by atoms with Crippen LogP contribution in [0, 0.1) is 4.91 Å². The van der Waals surface area contributed by atoms with Crippen molar-refractivity contribution in [3.05, 3.63) is 47.4 Å². The first kappa shape index (κ1) is 15.4. The maximum Gasteiger partial charge on any atom is 0.294 e. The molecule has 4 N–H and O–H groups in total. The molecule has 0 unspecified atom stereocenters. The number of rotatable bonds is 3. The minimum Gasteiger partial charge on any atom is -0.494 e. The maximum absolute atomic E-state index is 11.4. The summed E-state index contributed by atoms with van der Waals surface area (Å²) in [5.74, 6) is -0.251. The van der Waals surface area contributed by atoms with E-state index in [4.69, 9.17) is 0 Å². The summed E-state index contributed by atoms with van der Waals surface area (Å²) >= 11 is 0. The van der Waals surface area contributed by atoms with Crippen molar-refractivity contribution in [3.8, 4) is 17.1 Å². The molecule has 8 nitrogen and oxygen atoms in total. The van der Waals surface area contributed by atoms with Gasteiger partial charge in [0.15, 0.2) is 5.88 Å². The number of aromatic hydroxyl groups is 1. The molecule has 0 fully saturated rings. The van der Waals surface area contributed by atoms with E-state index >= 15 is 0 Å². The predicted molar refractivity (Wildman–Crippen MR) is 92.5 cm³/mol. The van der Waals surface area contributed by atoms with E-state index in [2.05, 4.69) is 15.1 Å². The fourth-order valence-electron chi connectivity index (χ4n) is 2.97. The van der Waals surface area contributed by atoms with Crippen LogP contribution in [0.4, 0.5) is 5.69 Å². The molecule has 0 radical (unpaired) electrons. The van der Waals surface area contributed by atoms with Crippen molar-refractivity contribution in [2.24, 2.45) is 5.18 Å². The second-order valence-electron chi connectivity index (χ2n) is 5.52. The van der Waals surface area contributed by atoms with Crippen LogP contribution >= 0.6 is 0 Å². The van der Waals surface area contributed by atoms with E-state index in [1.807, 2.05) is 0 Å². The van der Waals surface area contributed by atoms with Gasteiger partial charge in [0.25, 0.3) is 10.1 Å². The number of H-pyrrole nitrogens is 2. The highest BCUT2D eigenvalue weighted by atomic mass is 32.2. The van der Waals surface area contributed by atoms with Gasteiger partial charge < -0.3 is 15.1 Å². The summed E-state index contributed by atoms with van der Waals surface area (Å²) < 4.78 is 32.1. The molecule has 9 heteroatoms. The first-order valence-electron chi connectivity index (χ1n) is 7.17. The van der Waals surface area contributed by atoms with Crippen LogP contribution in [0.25, 0.3) is 33.1 Å². The van der Waals surface area contributed by atoms with E-state index in [9.17, 15) is 23.0 Å². The number of nitrogens with zero attached hydrogens (tertiary/aromatic N) is 1. The Kier molecular flexibility index (Phi) is 3.17. The molecule has 0 amide bonds. The lowest BCUT2D eigenvalue weighted by Gasteiger charge is -2.01. The van der Waals surface area contributed by atoms with Crippen LogP contribution in [0.2, 0.25) is 0 Å². The van der Waals surface area contributed by atoms with Crippen molar-refractivity contribution in [1.29, 1.82) is 0 Å². The Labute approximate surface area is 140 Å². The van der Waals surface area contributed by atoms with E-state index in [0.717, 1.165) is 0 Å². The highest BCUT2D eigenvalue weighted by molar-refractivity contribution is 7.85. The van der Waals surface area contributed by atoms with Crippen LogP contribution in [-0.2, 0) is 10.1 Å². The molecule has 25 heavy (non-hydrogen) atoms. The number of nitroso groups, excluding NO2 is 1. The molecule has 126 valence electrons. The highest BCUT2D eigenvalue weighted by Gasteiger charge is 2.22. The Morgan fingerprint density at radius 1 is 0.960 bits per heavy atom. The molecule has 0 aliphatic carbocycles. The van der Waals surface area contributed by atoms with E-state index in [1.165, 1.54) is 18.2 Å². The van der Waals surface area contributed by atoms with Crippen molar-refractivity contribution in [2.75, 3.05) is 0 Å². The third-order valence-corrected chi connectivity index (χ3v) is 4.92. The molecule has 0 saturated carbocycles. The standard InChI is InChI=1S/C16H11N3O5S/c20-16-13(10-7-8(25(22,23)24)5-6-12(10)18-16)15-14(19-21)9-3-1-2-4-11(9)17-15/h1-7,17-18,20H,(H,22,23,24). The van der Waals surface area contributed by atoms with Gasteiger partial charge in [-0.1, -0.05) is 18.2 Å². The number of hydrogen-bond acceptors (Lipinski definition) is 5. The van der Waals surface area contributed by atoms with Gasteiger partial charge in [-0.15, -0.1) is 4.91 Å². The van der Waals surface area contributed by atoms with E-state index in [0.29, 0.717) is 21.8 Å². The number of aromatic amines is 2. The Morgan fingerprint density at radius 2 is 1.68 bits per heavy atom. The number of aromatic nitrogens is 2. The molecule has 0 saturated heterocycles. The van der Waals surface area contributed by atoms with Crippen LogP contribution in [-0.4, -0.2) is 28.0 Å². The number of benzene rings is 2. The average Bonchev–Trinajstić information content (AvgIpc) is 3.08. The molecule has 2 aromatic heterocycles. The summed E-state index contributed by atoms with van der Waals surface area (Å²) in [4.78, 5) is 16.8. The van der Waals surface area contributed by atoms with E-state index < -0.39 is 10.1 Å². The average molecular weight is 357 g/mol. The van der Waals surface area contributed by atoms with Gasteiger partial charge in [-0.05, 0) is 29.4 Å². The molecule has 2 aromatic carbocycles. The lowest BCUT2D eigenvalue weighted by molar-refractivity contribution is 0.460. The van der Waals surface area contributed by atoms with Gasteiger partial charge in [-0.3, -0.25) is 4.55 Å². The fourth-order valence-corrected chi connectivity index (χ4v) is 3.48. The van der Waals surface area contributed by atoms with Crippen molar-refractivity contribution in [1.82, 2.24) is 9.97 Å². The molecule has 0 spiro atoms. The second-order valence-corrected chi connectivity index (χ2v) is 6.94. The number of nitrogens with one attached hydrogen (secondary N) is 2. The summed E-state index contributed by atoms with van der Waals surface area (Å²) in [6.07, 6.45) is 0. The summed E-state index contributed by atoms with van der Waals surface area (Å²) in [7, 11) is -4.42. The van der Waals surface area contributed by atoms with Gasteiger partial charge in [0, 0.05) is 21.8 Å². The summed E-state index contributed by atoms with van der Waals surface area (Å²) in [6, 6.07) is 10.8. The predicted octanol–water partition coefficient (Wildman–Crippen LogP) is 3.67. The number of fused-ring (bicyclic) bond motifs is 2. The van der Waals surface area contributed by atoms with Gasteiger partial charge in [-0.25, -0.2) is 0 Å². The van der Waals surface area contributed by atoms with Crippen LogP contribution in [0.3, 0.4) is 0 Å². The second kappa shape index (κ2) is 5.16. The quantitative estimate of drug-likeness (QED) is 0.328. The molecule has 0 bridgehead atoms. The fraction of sp³-hybridized carbons (Fsp3) is 0. The first-order chi connectivity index (χ1) is 11.9. The zero-order valence-corrected chi connectivity index (χ0v) is 13.3. The Balaban J connectivity index is 2.11. The number of hydrogen-bond donors (Lipinski definition) is 4.